The van der Waals surface area contributed by atoms with Crippen LogP contribution in [0.25, 0.3) is 0 Å². The first-order valence-electron chi connectivity index (χ1n) is 4.80. The second-order valence-electron chi connectivity index (χ2n) is 3.10. The van der Waals surface area contributed by atoms with Gasteiger partial charge in [0.2, 0.25) is 0 Å². The van der Waals surface area contributed by atoms with Crippen LogP contribution in [-0.4, -0.2) is 17.6 Å². The minimum absolute atomic E-state index is 0.0450. The molecular weight excluding hydrogens is 235 g/mol. The van der Waals surface area contributed by atoms with Gasteiger partial charge >= 0.3 is 6.09 Å². The van der Waals surface area contributed by atoms with Gasteiger partial charge in [0.1, 0.15) is 6.10 Å². The fourth-order valence-electron chi connectivity index (χ4n) is 1.06. The predicted molar refractivity (Wildman–Crippen MR) is 57.8 cm³/mol. The van der Waals surface area contributed by atoms with Crippen LogP contribution in [0.5, 0.6) is 0 Å². The van der Waals surface area contributed by atoms with Gasteiger partial charge in [-0.1, -0.05) is 11.6 Å². The standard InChI is InChI=1S/C10H12ClFN2O2/c1-3-13-10(15)16-6(2)9-4-7(11)8(12)5-14-9/h4-6H,3H2,1-2H3,(H,13,15). The van der Waals surface area contributed by atoms with Crippen molar-refractivity contribution in [3.8, 4) is 0 Å². The van der Waals surface area contributed by atoms with Gasteiger partial charge in [0.05, 0.1) is 16.9 Å². The number of amides is 1. The van der Waals surface area contributed by atoms with E-state index >= 15 is 0 Å². The molecule has 0 aliphatic heterocycles. The molecule has 1 rings (SSSR count). The molecule has 6 heteroatoms. The van der Waals surface area contributed by atoms with Gasteiger partial charge in [0.25, 0.3) is 0 Å². The van der Waals surface area contributed by atoms with Gasteiger partial charge in [-0.15, -0.1) is 0 Å². The number of carbonyl (C=O) groups excluding carboxylic acids is 1. The van der Waals surface area contributed by atoms with E-state index in [2.05, 4.69) is 10.3 Å². The molecule has 0 fully saturated rings. The third-order valence-corrected chi connectivity index (χ3v) is 2.14. The van der Waals surface area contributed by atoms with E-state index in [0.717, 1.165) is 6.20 Å². The molecule has 1 unspecified atom stereocenters. The molecule has 0 spiro atoms. The molecular formula is C10H12ClFN2O2. The summed E-state index contributed by atoms with van der Waals surface area (Å²) in [7, 11) is 0. The summed E-state index contributed by atoms with van der Waals surface area (Å²) in [5.41, 5.74) is 0.401. The molecule has 1 amide bonds. The zero-order valence-corrected chi connectivity index (χ0v) is 9.71. The summed E-state index contributed by atoms with van der Waals surface area (Å²) in [5, 5.41) is 2.43. The first-order chi connectivity index (χ1) is 7.54. The Morgan fingerprint density at radius 2 is 2.44 bits per heavy atom. The van der Waals surface area contributed by atoms with E-state index in [-0.39, 0.29) is 5.02 Å². The van der Waals surface area contributed by atoms with E-state index < -0.39 is 18.0 Å². The van der Waals surface area contributed by atoms with Crippen molar-refractivity contribution in [1.29, 1.82) is 0 Å². The van der Waals surface area contributed by atoms with Gasteiger partial charge in [-0.2, -0.15) is 0 Å². The zero-order chi connectivity index (χ0) is 12.1. The molecule has 0 radical (unpaired) electrons. The number of rotatable bonds is 3. The molecule has 1 aromatic heterocycles. The Labute approximate surface area is 97.8 Å². The fourth-order valence-corrected chi connectivity index (χ4v) is 1.22. The minimum Gasteiger partial charge on any atom is -0.440 e. The van der Waals surface area contributed by atoms with Gasteiger partial charge in [-0.25, -0.2) is 9.18 Å². The van der Waals surface area contributed by atoms with Crippen molar-refractivity contribution in [3.05, 3.63) is 28.8 Å². The molecule has 0 saturated heterocycles. The smallest absolute Gasteiger partial charge is 0.407 e. The lowest BCUT2D eigenvalue weighted by Gasteiger charge is -2.13. The first kappa shape index (κ1) is 12.7. The van der Waals surface area contributed by atoms with Gasteiger partial charge in [-0.3, -0.25) is 4.98 Å². The molecule has 1 N–H and O–H groups in total. The van der Waals surface area contributed by atoms with E-state index in [1.165, 1.54) is 6.07 Å². The van der Waals surface area contributed by atoms with Crippen LogP contribution >= 0.6 is 11.6 Å². The molecule has 1 heterocycles. The Morgan fingerprint density at radius 1 is 1.75 bits per heavy atom. The average molecular weight is 247 g/mol. The van der Waals surface area contributed by atoms with E-state index in [1.54, 1.807) is 13.8 Å². The third kappa shape index (κ3) is 3.34. The second kappa shape index (κ2) is 5.65. The fraction of sp³-hybridized carbons (Fsp3) is 0.400. The molecule has 0 bridgehead atoms. The van der Waals surface area contributed by atoms with Crippen molar-refractivity contribution < 1.29 is 13.9 Å². The normalized spacial score (nSPS) is 12.0. The van der Waals surface area contributed by atoms with Crippen molar-refractivity contribution in [2.24, 2.45) is 0 Å². The van der Waals surface area contributed by atoms with Crippen LogP contribution in [0.3, 0.4) is 0 Å². The van der Waals surface area contributed by atoms with Crippen molar-refractivity contribution in [1.82, 2.24) is 10.3 Å². The molecule has 4 nitrogen and oxygen atoms in total. The van der Waals surface area contributed by atoms with E-state index in [1.807, 2.05) is 0 Å². The molecule has 88 valence electrons. The number of hydrogen-bond donors (Lipinski definition) is 1. The number of aromatic nitrogens is 1. The molecule has 0 aliphatic carbocycles. The quantitative estimate of drug-likeness (QED) is 0.892. The van der Waals surface area contributed by atoms with Crippen molar-refractivity contribution >= 4 is 17.7 Å². The summed E-state index contributed by atoms with van der Waals surface area (Å²) in [5.74, 6) is -0.601. The largest absolute Gasteiger partial charge is 0.440 e. The van der Waals surface area contributed by atoms with Crippen LogP contribution in [0, 0.1) is 5.82 Å². The second-order valence-corrected chi connectivity index (χ2v) is 3.51. The Bertz CT molecular complexity index is 387. The third-order valence-electron chi connectivity index (χ3n) is 1.85. The molecule has 1 aromatic rings. The van der Waals surface area contributed by atoms with Crippen LogP contribution in [0.15, 0.2) is 12.3 Å². The lowest BCUT2D eigenvalue weighted by atomic mass is 10.2. The molecule has 1 atom stereocenters. The van der Waals surface area contributed by atoms with Crippen molar-refractivity contribution in [2.45, 2.75) is 20.0 Å². The van der Waals surface area contributed by atoms with Gasteiger partial charge < -0.3 is 10.1 Å². The first-order valence-corrected chi connectivity index (χ1v) is 5.17. The highest BCUT2D eigenvalue weighted by Crippen LogP contribution is 2.20. The Hall–Kier alpha value is -1.36. The van der Waals surface area contributed by atoms with Crippen LogP contribution in [0.1, 0.15) is 25.6 Å². The number of hydrogen-bond acceptors (Lipinski definition) is 3. The number of nitrogens with zero attached hydrogens (tertiary/aromatic N) is 1. The Kier molecular flexibility index (Phi) is 4.49. The lowest BCUT2D eigenvalue weighted by molar-refractivity contribution is 0.105. The number of alkyl carbamates (subject to hydrolysis) is 1. The highest BCUT2D eigenvalue weighted by molar-refractivity contribution is 6.30. The molecule has 0 saturated carbocycles. The number of ether oxygens (including phenoxy) is 1. The van der Waals surface area contributed by atoms with Gasteiger partial charge in [0, 0.05) is 6.54 Å². The Balaban J connectivity index is 2.69. The van der Waals surface area contributed by atoms with Gasteiger partial charge in [0.15, 0.2) is 5.82 Å². The van der Waals surface area contributed by atoms with Crippen LogP contribution in [0.4, 0.5) is 9.18 Å². The van der Waals surface area contributed by atoms with Crippen LogP contribution in [0.2, 0.25) is 5.02 Å². The predicted octanol–water partition coefficient (Wildman–Crippen LogP) is 2.68. The molecule has 16 heavy (non-hydrogen) atoms. The summed E-state index contributed by atoms with van der Waals surface area (Å²) in [6, 6.07) is 1.33. The number of halogens is 2. The maximum atomic E-state index is 12.8. The summed E-state index contributed by atoms with van der Waals surface area (Å²) >= 11 is 5.58. The van der Waals surface area contributed by atoms with E-state index in [9.17, 15) is 9.18 Å². The topological polar surface area (TPSA) is 51.2 Å². The summed E-state index contributed by atoms with van der Waals surface area (Å²) in [6.07, 6.45) is -0.128. The lowest BCUT2D eigenvalue weighted by Crippen LogP contribution is -2.25. The molecule has 0 aliphatic rings. The van der Waals surface area contributed by atoms with E-state index in [0.29, 0.717) is 12.2 Å². The summed E-state index contributed by atoms with van der Waals surface area (Å²) < 4.78 is 17.8. The monoisotopic (exact) mass is 246 g/mol. The minimum atomic E-state index is -0.601. The highest BCUT2D eigenvalue weighted by Gasteiger charge is 2.13. The average Bonchev–Trinajstić information content (AvgIpc) is 2.22. The number of carbonyl (C=O) groups is 1. The van der Waals surface area contributed by atoms with Crippen molar-refractivity contribution in [3.63, 3.8) is 0 Å². The maximum Gasteiger partial charge on any atom is 0.407 e. The number of nitrogens with one attached hydrogen (secondary N) is 1. The van der Waals surface area contributed by atoms with Crippen LogP contribution in [-0.2, 0) is 4.74 Å². The number of pyridine rings is 1. The van der Waals surface area contributed by atoms with Gasteiger partial charge in [-0.05, 0) is 19.9 Å². The summed E-state index contributed by atoms with van der Waals surface area (Å²) in [6.45, 7) is 3.88. The SMILES string of the molecule is CCNC(=O)OC(C)c1cc(Cl)c(F)cn1. The maximum absolute atomic E-state index is 12.8. The van der Waals surface area contributed by atoms with Crippen LogP contribution < -0.4 is 5.32 Å². The van der Waals surface area contributed by atoms with E-state index in [4.69, 9.17) is 16.3 Å². The van der Waals surface area contributed by atoms with Crippen molar-refractivity contribution in [2.75, 3.05) is 6.54 Å². The summed E-state index contributed by atoms with van der Waals surface area (Å²) in [4.78, 5) is 14.9. The zero-order valence-electron chi connectivity index (χ0n) is 8.96. The highest BCUT2D eigenvalue weighted by atomic mass is 35.5. The Morgan fingerprint density at radius 3 is 3.00 bits per heavy atom. The molecule has 0 aromatic carbocycles.